The van der Waals surface area contributed by atoms with E-state index in [1.165, 1.54) is 12.3 Å². The number of hydrogen-bond acceptors (Lipinski definition) is 10. The monoisotopic (exact) mass is 631 g/mol. The maximum Gasteiger partial charge on any atom is 0.322 e. The molecule has 2 aliphatic heterocycles. The van der Waals surface area contributed by atoms with Crippen LogP contribution in [0.1, 0.15) is 37.9 Å². The SMILES string of the molecule is C=CC(=O)N1CCN(c2nc(OC[C@@H]3CCCN3C)nc(OC(/C(C)=C\N)c3cccc4cccc(Cl)c34)c2O)C[C@@H]1CC#N. The van der Waals surface area contributed by atoms with Crippen LogP contribution in [0.5, 0.6) is 17.6 Å². The molecule has 5 rings (SSSR count). The number of likely N-dealkylation sites (tertiary alicyclic amines) is 1. The van der Waals surface area contributed by atoms with E-state index in [0.29, 0.717) is 30.3 Å². The highest BCUT2D eigenvalue weighted by atomic mass is 35.5. The standard InChI is InChI=1S/C33H38ClN7O4/c1-4-27(42)41-17-16-40(19-23(41)13-14-35)31-29(43)32(38-33(37-31)44-20-24-10-7-15-39(24)3)45-30(21(2)18-36)25-11-5-8-22-9-6-12-26(34)28(22)25/h4-6,8-9,11-12,18,23-24,30,43H,1,7,10,13,15-17,19-20,36H2,2-3H3/b21-18-/t23-,24-,30?/m0/s1. The Balaban J connectivity index is 1.55. The van der Waals surface area contributed by atoms with E-state index in [9.17, 15) is 15.2 Å². The van der Waals surface area contributed by atoms with Crippen molar-refractivity contribution in [3.63, 3.8) is 0 Å². The molecular formula is C33H38ClN7O4. The zero-order valence-electron chi connectivity index (χ0n) is 25.5. The summed E-state index contributed by atoms with van der Waals surface area (Å²) in [6.45, 7) is 7.69. The number of amides is 1. The first-order valence-corrected chi connectivity index (χ1v) is 15.3. The molecule has 2 aromatic carbocycles. The number of nitriles is 1. The van der Waals surface area contributed by atoms with Crippen molar-refractivity contribution < 1.29 is 19.4 Å². The molecule has 3 N–H and O–H groups in total. The number of anilines is 1. The van der Waals surface area contributed by atoms with Gasteiger partial charge in [-0.05, 0) is 62.7 Å². The molecule has 3 aromatic rings. The second kappa shape index (κ2) is 14.1. The molecule has 0 aliphatic carbocycles. The van der Waals surface area contributed by atoms with E-state index in [1.54, 1.807) is 4.90 Å². The van der Waals surface area contributed by atoms with Gasteiger partial charge in [-0.25, -0.2) is 0 Å². The number of rotatable bonds is 10. The van der Waals surface area contributed by atoms with Crippen molar-refractivity contribution in [2.45, 2.75) is 44.4 Å². The van der Waals surface area contributed by atoms with Crippen LogP contribution in [0.4, 0.5) is 5.82 Å². The molecule has 3 heterocycles. The van der Waals surface area contributed by atoms with E-state index in [4.69, 9.17) is 26.8 Å². The third kappa shape index (κ3) is 6.77. The maximum absolute atomic E-state index is 12.5. The Morgan fingerprint density at radius 3 is 2.71 bits per heavy atom. The Morgan fingerprint density at radius 1 is 1.24 bits per heavy atom. The van der Waals surface area contributed by atoms with Gasteiger partial charge in [0.1, 0.15) is 12.7 Å². The maximum atomic E-state index is 12.5. The number of benzene rings is 2. The number of halogens is 1. The summed E-state index contributed by atoms with van der Waals surface area (Å²) in [4.78, 5) is 27.3. The normalized spacial score (nSPS) is 19.7. The van der Waals surface area contributed by atoms with Gasteiger partial charge in [-0.1, -0.05) is 48.5 Å². The molecule has 1 amide bonds. The quantitative estimate of drug-likeness (QED) is 0.306. The summed E-state index contributed by atoms with van der Waals surface area (Å²) in [5.74, 6) is -0.448. The van der Waals surface area contributed by atoms with Crippen molar-refractivity contribution >= 4 is 34.1 Å². The molecule has 236 valence electrons. The van der Waals surface area contributed by atoms with Crippen LogP contribution in [0.3, 0.4) is 0 Å². The zero-order chi connectivity index (χ0) is 32.1. The van der Waals surface area contributed by atoms with Gasteiger partial charge in [0.05, 0.1) is 18.5 Å². The lowest BCUT2D eigenvalue weighted by molar-refractivity contribution is -0.128. The summed E-state index contributed by atoms with van der Waals surface area (Å²) in [5.41, 5.74) is 7.43. The lowest BCUT2D eigenvalue weighted by atomic mass is 9.96. The fraction of sp³-hybridized carbons (Fsp3) is 0.394. The van der Waals surface area contributed by atoms with Crippen molar-refractivity contribution in [3.05, 3.63) is 71.4 Å². The second-order valence-corrected chi connectivity index (χ2v) is 11.8. The van der Waals surface area contributed by atoms with Crippen LogP contribution in [0.15, 0.2) is 60.8 Å². The molecule has 2 saturated heterocycles. The van der Waals surface area contributed by atoms with Gasteiger partial charge in [-0.3, -0.25) is 4.79 Å². The number of aromatic nitrogens is 2. The molecule has 0 spiro atoms. The van der Waals surface area contributed by atoms with Crippen molar-refractivity contribution in [2.24, 2.45) is 5.73 Å². The highest BCUT2D eigenvalue weighted by Gasteiger charge is 2.33. The lowest BCUT2D eigenvalue weighted by Gasteiger charge is -2.40. The third-order valence-corrected chi connectivity index (χ3v) is 8.85. The fourth-order valence-electron chi connectivity index (χ4n) is 6.01. The van der Waals surface area contributed by atoms with Gasteiger partial charge in [-0.2, -0.15) is 15.2 Å². The first-order valence-electron chi connectivity index (χ1n) is 15.0. The van der Waals surface area contributed by atoms with Gasteiger partial charge < -0.3 is 35.0 Å². The Morgan fingerprint density at radius 2 is 2.02 bits per heavy atom. The second-order valence-electron chi connectivity index (χ2n) is 11.4. The highest BCUT2D eigenvalue weighted by molar-refractivity contribution is 6.35. The van der Waals surface area contributed by atoms with Gasteiger partial charge in [0.15, 0.2) is 5.82 Å². The van der Waals surface area contributed by atoms with Crippen molar-refractivity contribution in [2.75, 3.05) is 44.7 Å². The minimum atomic E-state index is -0.755. The average Bonchev–Trinajstić information content (AvgIpc) is 3.47. The van der Waals surface area contributed by atoms with Crippen molar-refractivity contribution in [1.82, 2.24) is 19.8 Å². The smallest absolute Gasteiger partial charge is 0.322 e. The number of carbonyl (C=O) groups excluding carboxylic acids is 1. The van der Waals surface area contributed by atoms with E-state index < -0.39 is 12.1 Å². The molecule has 11 nitrogen and oxygen atoms in total. The molecule has 0 saturated carbocycles. The van der Waals surface area contributed by atoms with E-state index in [0.717, 1.165) is 35.7 Å². The van der Waals surface area contributed by atoms with Gasteiger partial charge >= 0.3 is 6.01 Å². The van der Waals surface area contributed by atoms with Crippen LogP contribution >= 0.6 is 11.6 Å². The van der Waals surface area contributed by atoms with Crippen molar-refractivity contribution in [3.8, 4) is 23.7 Å². The Kier molecular flexibility index (Phi) is 9.96. The molecule has 1 aromatic heterocycles. The predicted octanol–water partition coefficient (Wildman–Crippen LogP) is 4.56. The first-order chi connectivity index (χ1) is 21.7. The number of likely N-dealkylation sites (N-methyl/N-ethyl adjacent to an activating group) is 1. The summed E-state index contributed by atoms with van der Waals surface area (Å²) in [5, 5.41) is 23.4. The number of nitrogens with zero attached hydrogens (tertiary/aromatic N) is 6. The number of fused-ring (bicyclic) bond motifs is 1. The topological polar surface area (TPSA) is 141 Å². The molecule has 45 heavy (non-hydrogen) atoms. The zero-order valence-corrected chi connectivity index (χ0v) is 26.3. The summed E-state index contributed by atoms with van der Waals surface area (Å²) in [6, 6.07) is 13.4. The molecule has 0 radical (unpaired) electrons. The van der Waals surface area contributed by atoms with E-state index in [2.05, 4.69) is 34.6 Å². The van der Waals surface area contributed by atoms with Crippen LogP contribution in [0, 0.1) is 11.3 Å². The molecule has 0 bridgehead atoms. The molecule has 12 heteroatoms. The molecule has 2 fully saturated rings. The molecule has 2 aliphatic rings. The number of nitrogens with two attached hydrogens (primary N) is 1. The van der Waals surface area contributed by atoms with Crippen LogP contribution in [0.2, 0.25) is 5.02 Å². The Bertz CT molecular complexity index is 1640. The number of hydrogen-bond donors (Lipinski definition) is 2. The fourth-order valence-corrected chi connectivity index (χ4v) is 6.30. The van der Waals surface area contributed by atoms with Gasteiger partial charge in [0.2, 0.25) is 11.7 Å². The largest absolute Gasteiger partial charge is 0.501 e. The molecular weight excluding hydrogens is 594 g/mol. The van der Waals surface area contributed by atoms with Crippen LogP contribution in [-0.4, -0.2) is 82.7 Å². The number of ether oxygens (including phenoxy) is 2. The Hall–Kier alpha value is -4.53. The lowest BCUT2D eigenvalue weighted by Crippen LogP contribution is -2.55. The predicted molar refractivity (Wildman–Crippen MR) is 173 cm³/mol. The van der Waals surface area contributed by atoms with E-state index >= 15 is 0 Å². The van der Waals surface area contributed by atoms with E-state index in [-0.39, 0.29) is 48.4 Å². The summed E-state index contributed by atoms with van der Waals surface area (Å²) < 4.78 is 12.6. The number of carbonyl (C=O) groups is 1. The highest BCUT2D eigenvalue weighted by Crippen LogP contribution is 2.42. The Labute approximate surface area is 268 Å². The first kappa shape index (κ1) is 31.9. The van der Waals surface area contributed by atoms with Crippen molar-refractivity contribution in [1.29, 1.82) is 5.26 Å². The van der Waals surface area contributed by atoms with Crippen LogP contribution < -0.4 is 20.1 Å². The molecule has 3 atom stereocenters. The average molecular weight is 632 g/mol. The molecule has 1 unspecified atom stereocenters. The minimum Gasteiger partial charge on any atom is -0.501 e. The van der Waals surface area contributed by atoms with E-state index in [1.807, 2.05) is 48.2 Å². The summed E-state index contributed by atoms with van der Waals surface area (Å²) >= 11 is 6.67. The summed E-state index contributed by atoms with van der Waals surface area (Å²) in [7, 11) is 2.06. The summed E-state index contributed by atoms with van der Waals surface area (Å²) in [6.07, 6.45) is 4.11. The minimum absolute atomic E-state index is 0.0450. The number of aromatic hydroxyl groups is 1. The van der Waals surface area contributed by atoms with Crippen LogP contribution in [0.25, 0.3) is 10.8 Å². The van der Waals surface area contributed by atoms with Gasteiger partial charge in [0.25, 0.3) is 5.88 Å². The van der Waals surface area contributed by atoms with Gasteiger partial charge in [-0.15, -0.1) is 0 Å². The van der Waals surface area contributed by atoms with Gasteiger partial charge in [0, 0.05) is 41.6 Å². The number of piperazine rings is 1. The third-order valence-electron chi connectivity index (χ3n) is 8.53. The van der Waals surface area contributed by atoms with Crippen LogP contribution in [-0.2, 0) is 4.79 Å².